The zero-order chi connectivity index (χ0) is 14.0. The smallest absolute Gasteiger partial charge is 0.194 e. The fourth-order valence-electron chi connectivity index (χ4n) is 3.91. The predicted octanol–water partition coefficient (Wildman–Crippen LogP) is 4.11. The highest BCUT2D eigenvalue weighted by molar-refractivity contribution is 6.25. The first-order chi connectivity index (χ1) is 10.3. The molecule has 0 saturated heterocycles. The summed E-state index contributed by atoms with van der Waals surface area (Å²) < 4.78 is 6.19. The van der Waals surface area contributed by atoms with Gasteiger partial charge in [0.05, 0.1) is 5.57 Å². The molecule has 0 bridgehead atoms. The van der Waals surface area contributed by atoms with Gasteiger partial charge in [-0.05, 0) is 18.2 Å². The Morgan fingerprint density at radius 1 is 1.05 bits per heavy atom. The van der Waals surface area contributed by atoms with Crippen LogP contribution in [-0.2, 0) is 4.74 Å². The number of hydrogen-bond acceptors (Lipinski definition) is 2. The van der Waals surface area contributed by atoms with Crippen LogP contribution in [0.1, 0.15) is 28.8 Å². The zero-order valence-corrected chi connectivity index (χ0v) is 11.5. The number of rotatable bonds is 0. The highest BCUT2D eigenvalue weighted by Crippen LogP contribution is 2.47. The molecular weight excluding hydrogens is 260 g/mol. The van der Waals surface area contributed by atoms with Crippen LogP contribution in [0.15, 0.2) is 54.1 Å². The summed E-state index contributed by atoms with van der Waals surface area (Å²) in [6, 6.07) is 12.1. The normalized spacial score (nSPS) is 25.8. The third kappa shape index (κ3) is 1.35. The second kappa shape index (κ2) is 3.85. The largest absolute Gasteiger partial charge is 0.488 e. The predicted molar refractivity (Wildman–Crippen MR) is 81.9 cm³/mol. The molecule has 0 spiro atoms. The van der Waals surface area contributed by atoms with Gasteiger partial charge in [-0.2, -0.15) is 0 Å². The summed E-state index contributed by atoms with van der Waals surface area (Å²) in [5, 5.41) is 2.16. The van der Waals surface area contributed by atoms with Gasteiger partial charge < -0.3 is 4.74 Å². The van der Waals surface area contributed by atoms with E-state index in [2.05, 4.69) is 30.4 Å². The number of Topliss-reactive ketones (excluding diaryl/α,β-unsaturated/α-hetero) is 1. The first-order valence-corrected chi connectivity index (χ1v) is 7.49. The number of carbonyl (C=O) groups is 1. The van der Waals surface area contributed by atoms with Crippen molar-refractivity contribution in [3.63, 3.8) is 0 Å². The van der Waals surface area contributed by atoms with Crippen LogP contribution in [0.3, 0.4) is 0 Å². The van der Waals surface area contributed by atoms with Crippen LogP contribution in [-0.4, -0.2) is 11.9 Å². The van der Waals surface area contributed by atoms with E-state index in [1.807, 2.05) is 18.2 Å². The number of ketones is 1. The molecular formula is C19H14O2. The molecule has 0 N–H and O–H groups in total. The first-order valence-electron chi connectivity index (χ1n) is 7.49. The molecule has 2 aromatic carbocycles. The van der Waals surface area contributed by atoms with Gasteiger partial charge in [-0.25, -0.2) is 0 Å². The molecule has 1 aliphatic heterocycles. The van der Waals surface area contributed by atoms with Gasteiger partial charge in [0.1, 0.15) is 11.9 Å². The molecule has 2 aliphatic carbocycles. The van der Waals surface area contributed by atoms with E-state index in [0.29, 0.717) is 0 Å². The van der Waals surface area contributed by atoms with Crippen molar-refractivity contribution >= 4 is 22.3 Å². The molecule has 2 nitrogen and oxygen atoms in total. The lowest BCUT2D eigenvalue weighted by Gasteiger charge is -2.20. The van der Waals surface area contributed by atoms with E-state index >= 15 is 0 Å². The first kappa shape index (κ1) is 11.3. The van der Waals surface area contributed by atoms with Gasteiger partial charge in [0.25, 0.3) is 0 Å². The fraction of sp³-hybridized carbons (Fsp3) is 0.211. The summed E-state index contributed by atoms with van der Waals surface area (Å²) >= 11 is 0. The highest BCUT2D eigenvalue weighted by Gasteiger charge is 2.43. The molecule has 0 saturated carbocycles. The summed E-state index contributed by atoms with van der Waals surface area (Å²) in [5.74, 6) is 1.10. The van der Waals surface area contributed by atoms with Crippen molar-refractivity contribution in [2.75, 3.05) is 0 Å². The molecule has 3 aliphatic rings. The van der Waals surface area contributed by atoms with Crippen LogP contribution in [0.2, 0.25) is 0 Å². The maximum Gasteiger partial charge on any atom is 0.194 e. The zero-order valence-electron chi connectivity index (χ0n) is 11.5. The molecule has 2 atom stereocenters. The van der Waals surface area contributed by atoms with Crippen LogP contribution in [0.5, 0.6) is 0 Å². The number of fused-ring (bicyclic) bond motifs is 3. The molecule has 0 unspecified atom stereocenters. The Morgan fingerprint density at radius 2 is 1.86 bits per heavy atom. The van der Waals surface area contributed by atoms with E-state index in [1.165, 1.54) is 0 Å². The van der Waals surface area contributed by atoms with Crippen LogP contribution >= 0.6 is 0 Å². The van der Waals surface area contributed by atoms with Gasteiger partial charge in [-0.1, -0.05) is 48.6 Å². The van der Waals surface area contributed by atoms with E-state index in [-0.39, 0.29) is 17.8 Å². The lowest BCUT2D eigenvalue weighted by atomic mass is 9.79. The van der Waals surface area contributed by atoms with Crippen molar-refractivity contribution < 1.29 is 9.53 Å². The van der Waals surface area contributed by atoms with Crippen molar-refractivity contribution in [2.24, 2.45) is 5.92 Å². The van der Waals surface area contributed by atoms with Crippen molar-refractivity contribution in [2.45, 2.75) is 18.9 Å². The Morgan fingerprint density at radius 3 is 2.71 bits per heavy atom. The van der Waals surface area contributed by atoms with Crippen LogP contribution in [0, 0.1) is 5.92 Å². The molecule has 1 heterocycles. The fourth-order valence-corrected chi connectivity index (χ4v) is 3.91. The van der Waals surface area contributed by atoms with Crippen molar-refractivity contribution in [3.05, 3.63) is 65.3 Å². The van der Waals surface area contributed by atoms with Crippen LogP contribution < -0.4 is 0 Å². The second-order valence-corrected chi connectivity index (χ2v) is 5.97. The Kier molecular flexibility index (Phi) is 2.08. The van der Waals surface area contributed by atoms with E-state index in [9.17, 15) is 4.79 Å². The number of ether oxygens (including phenoxy) is 1. The molecule has 2 heteroatoms. The summed E-state index contributed by atoms with van der Waals surface area (Å²) in [4.78, 5) is 13.0. The lowest BCUT2D eigenvalue weighted by Crippen LogP contribution is -2.22. The molecule has 0 aromatic heterocycles. The lowest BCUT2D eigenvalue weighted by molar-refractivity contribution is 0.102. The van der Waals surface area contributed by atoms with Crippen LogP contribution in [0.4, 0.5) is 0 Å². The molecule has 0 amide bonds. The van der Waals surface area contributed by atoms with Gasteiger partial charge in [0, 0.05) is 22.4 Å². The average Bonchev–Trinajstić information content (AvgIpc) is 2.92. The molecule has 5 rings (SSSR count). The number of carbonyl (C=O) groups excluding carboxylic acids is 1. The number of benzene rings is 2. The minimum atomic E-state index is 0.130. The van der Waals surface area contributed by atoms with Crippen molar-refractivity contribution in [1.82, 2.24) is 0 Å². The Balaban J connectivity index is 1.85. The second-order valence-electron chi connectivity index (χ2n) is 5.97. The van der Waals surface area contributed by atoms with Gasteiger partial charge in [0.2, 0.25) is 0 Å². The topological polar surface area (TPSA) is 26.3 Å². The molecule has 102 valence electrons. The quantitative estimate of drug-likeness (QED) is 0.676. The number of hydrogen-bond donors (Lipinski definition) is 0. The average molecular weight is 274 g/mol. The van der Waals surface area contributed by atoms with Gasteiger partial charge in [-0.15, -0.1) is 0 Å². The third-order valence-electron chi connectivity index (χ3n) is 4.85. The van der Waals surface area contributed by atoms with Crippen LogP contribution in [0.25, 0.3) is 16.5 Å². The number of allylic oxidation sites excluding steroid dienone is 1. The third-order valence-corrected chi connectivity index (χ3v) is 4.85. The molecule has 2 aromatic rings. The van der Waals surface area contributed by atoms with E-state index in [1.54, 1.807) is 0 Å². The summed E-state index contributed by atoms with van der Waals surface area (Å²) in [5.41, 5.74) is 2.77. The molecule has 0 radical (unpaired) electrons. The highest BCUT2D eigenvalue weighted by atomic mass is 16.5. The Bertz CT molecular complexity index is 852. The summed E-state index contributed by atoms with van der Waals surface area (Å²) in [6.45, 7) is 0. The minimum absolute atomic E-state index is 0.130. The van der Waals surface area contributed by atoms with E-state index in [0.717, 1.165) is 46.1 Å². The Hall–Kier alpha value is -2.35. The van der Waals surface area contributed by atoms with E-state index < -0.39 is 0 Å². The maximum absolute atomic E-state index is 13.0. The maximum atomic E-state index is 13.0. The minimum Gasteiger partial charge on any atom is -0.488 e. The monoisotopic (exact) mass is 274 g/mol. The summed E-state index contributed by atoms with van der Waals surface area (Å²) in [7, 11) is 0. The van der Waals surface area contributed by atoms with Gasteiger partial charge in [-0.3, -0.25) is 4.79 Å². The summed E-state index contributed by atoms with van der Waals surface area (Å²) in [6.07, 6.45) is 6.49. The molecule has 21 heavy (non-hydrogen) atoms. The Labute approximate surface area is 122 Å². The SMILES string of the molecule is O=C1C2=C(O[C@H]3CCC=C[C@@H]23)c2cccc3cccc1c23. The standard InChI is InChI=1S/C19H14O2/c20-18-13-8-3-5-11-6-4-9-14(16(11)13)19-17(18)12-7-1-2-10-15(12)21-19/h1,3-9,12,15H,2,10H2/t12-,15+/m1/s1. The van der Waals surface area contributed by atoms with Gasteiger partial charge in [0.15, 0.2) is 5.78 Å². The van der Waals surface area contributed by atoms with Crippen molar-refractivity contribution in [3.8, 4) is 0 Å². The molecule has 0 fully saturated rings. The van der Waals surface area contributed by atoms with Gasteiger partial charge >= 0.3 is 0 Å². The van der Waals surface area contributed by atoms with Crippen molar-refractivity contribution in [1.29, 1.82) is 0 Å². The van der Waals surface area contributed by atoms with E-state index in [4.69, 9.17) is 4.74 Å².